The second kappa shape index (κ2) is 10.4. The number of aromatic nitrogens is 4. The topological polar surface area (TPSA) is 109 Å². The van der Waals surface area contributed by atoms with Crippen LogP contribution in [-0.4, -0.2) is 51.5 Å². The van der Waals surface area contributed by atoms with Crippen molar-refractivity contribution in [1.29, 1.82) is 0 Å². The molecule has 1 aliphatic rings. The molecule has 1 aromatic carbocycles. The molecule has 3 aromatic heterocycles. The third-order valence-corrected chi connectivity index (χ3v) is 6.48. The van der Waals surface area contributed by atoms with Crippen LogP contribution in [0.1, 0.15) is 28.3 Å². The van der Waals surface area contributed by atoms with Crippen LogP contribution in [0.5, 0.6) is 5.75 Å². The molecule has 198 valence electrons. The number of ether oxygens (including phenoxy) is 1. The Hall–Kier alpha value is -3.96. The number of aryl methyl sites for hydroxylation is 2. The van der Waals surface area contributed by atoms with Crippen molar-refractivity contribution in [3.8, 4) is 28.4 Å². The number of benzene rings is 1. The van der Waals surface area contributed by atoms with Gasteiger partial charge in [0.05, 0.1) is 41.0 Å². The number of aliphatic hydroxyl groups is 1. The lowest BCUT2D eigenvalue weighted by atomic mass is 10.0. The first kappa shape index (κ1) is 25.7. The zero-order valence-electron chi connectivity index (χ0n) is 21.5. The lowest BCUT2D eigenvalue weighted by Crippen LogP contribution is -2.29. The lowest BCUT2D eigenvalue weighted by molar-refractivity contribution is 0.108. The second-order valence-corrected chi connectivity index (χ2v) is 9.32. The number of aliphatic hydroxyl groups excluding tert-OH is 1. The molecule has 38 heavy (non-hydrogen) atoms. The molecule has 0 amide bonds. The highest BCUT2D eigenvalue weighted by Crippen LogP contribution is 2.37. The van der Waals surface area contributed by atoms with Crippen molar-refractivity contribution in [3.05, 3.63) is 70.4 Å². The molecule has 0 saturated heterocycles. The number of hydrogen-bond donors (Lipinski definition) is 2. The molecule has 0 saturated carbocycles. The standard InChI is InChI=1S/C27H28F2N6O3/c1-14-25(24-15(2)34-38-16(24)3)32-26(21-8-20(5-6-22(21)29)37-13-19(36)10-30-4)33-27(14)35-11-17-7-18(28)9-31-23(17)12-35/h5-9,19,30,36H,10-13H2,1-4H3. The summed E-state index contributed by atoms with van der Waals surface area (Å²) in [6.45, 7) is 6.70. The van der Waals surface area contributed by atoms with E-state index in [1.54, 1.807) is 14.0 Å². The average Bonchev–Trinajstić information content (AvgIpc) is 3.46. The van der Waals surface area contributed by atoms with E-state index < -0.39 is 17.7 Å². The summed E-state index contributed by atoms with van der Waals surface area (Å²) in [5, 5.41) is 16.9. The molecule has 2 N–H and O–H groups in total. The number of nitrogens with zero attached hydrogens (tertiary/aromatic N) is 5. The van der Waals surface area contributed by atoms with Crippen LogP contribution in [-0.2, 0) is 13.1 Å². The van der Waals surface area contributed by atoms with Crippen molar-refractivity contribution in [2.75, 3.05) is 25.1 Å². The van der Waals surface area contributed by atoms with Crippen LogP contribution in [0, 0.1) is 32.4 Å². The smallest absolute Gasteiger partial charge is 0.165 e. The van der Waals surface area contributed by atoms with Crippen molar-refractivity contribution >= 4 is 5.82 Å². The van der Waals surface area contributed by atoms with Gasteiger partial charge in [0.15, 0.2) is 5.82 Å². The number of hydrogen-bond acceptors (Lipinski definition) is 9. The number of rotatable bonds is 8. The number of pyridine rings is 1. The minimum Gasteiger partial charge on any atom is -0.491 e. The van der Waals surface area contributed by atoms with Crippen molar-refractivity contribution in [1.82, 2.24) is 25.4 Å². The molecule has 0 radical (unpaired) electrons. The fourth-order valence-electron chi connectivity index (χ4n) is 4.63. The van der Waals surface area contributed by atoms with E-state index in [2.05, 4.69) is 15.5 Å². The van der Waals surface area contributed by atoms with Crippen molar-refractivity contribution < 1.29 is 23.1 Å². The van der Waals surface area contributed by atoms with Crippen LogP contribution < -0.4 is 15.0 Å². The third kappa shape index (κ3) is 4.94. The van der Waals surface area contributed by atoms with Gasteiger partial charge in [-0.05, 0) is 57.6 Å². The normalized spacial score (nSPS) is 13.6. The summed E-state index contributed by atoms with van der Waals surface area (Å²) in [4.78, 5) is 15.7. The van der Waals surface area contributed by atoms with Crippen LogP contribution in [0.4, 0.5) is 14.6 Å². The number of anilines is 1. The third-order valence-electron chi connectivity index (χ3n) is 6.48. The molecule has 11 heteroatoms. The molecular weight excluding hydrogens is 494 g/mol. The van der Waals surface area contributed by atoms with Gasteiger partial charge in [-0.15, -0.1) is 0 Å². The largest absolute Gasteiger partial charge is 0.491 e. The first-order valence-electron chi connectivity index (χ1n) is 12.2. The van der Waals surface area contributed by atoms with E-state index >= 15 is 4.39 Å². The fourth-order valence-corrected chi connectivity index (χ4v) is 4.63. The Morgan fingerprint density at radius 3 is 2.71 bits per heavy atom. The van der Waals surface area contributed by atoms with Crippen LogP contribution in [0.15, 0.2) is 35.0 Å². The first-order chi connectivity index (χ1) is 18.2. The van der Waals surface area contributed by atoms with Gasteiger partial charge in [0, 0.05) is 18.7 Å². The van der Waals surface area contributed by atoms with Crippen molar-refractivity contribution in [2.24, 2.45) is 0 Å². The quantitative estimate of drug-likeness (QED) is 0.356. The Bertz CT molecular complexity index is 1470. The van der Waals surface area contributed by atoms with E-state index in [-0.39, 0.29) is 18.0 Å². The van der Waals surface area contributed by atoms with Crippen LogP contribution in [0.2, 0.25) is 0 Å². The Morgan fingerprint density at radius 2 is 1.97 bits per heavy atom. The predicted molar refractivity (Wildman–Crippen MR) is 137 cm³/mol. The summed E-state index contributed by atoms with van der Waals surface area (Å²) in [5.41, 5.74) is 4.32. The highest BCUT2D eigenvalue weighted by Gasteiger charge is 2.28. The van der Waals surface area contributed by atoms with Gasteiger partial charge >= 0.3 is 0 Å². The van der Waals surface area contributed by atoms with Gasteiger partial charge in [-0.2, -0.15) is 0 Å². The first-order valence-corrected chi connectivity index (χ1v) is 12.2. The van der Waals surface area contributed by atoms with Gasteiger partial charge in [0.1, 0.15) is 41.7 Å². The van der Waals surface area contributed by atoms with E-state index in [1.165, 1.54) is 30.5 Å². The molecule has 4 aromatic rings. The van der Waals surface area contributed by atoms with E-state index in [9.17, 15) is 9.50 Å². The van der Waals surface area contributed by atoms with Crippen molar-refractivity contribution in [3.63, 3.8) is 0 Å². The van der Waals surface area contributed by atoms with Gasteiger partial charge in [-0.1, -0.05) is 5.16 Å². The van der Waals surface area contributed by atoms with E-state index in [4.69, 9.17) is 19.2 Å². The molecule has 4 heterocycles. The molecule has 1 aliphatic heterocycles. The SMILES string of the molecule is CNCC(O)COc1ccc(F)c(-c2nc(-c3c(C)noc3C)c(C)c(N3Cc4cc(F)cnc4C3)n2)c1. The lowest BCUT2D eigenvalue weighted by Gasteiger charge is -2.21. The number of nitrogens with one attached hydrogen (secondary N) is 1. The monoisotopic (exact) mass is 522 g/mol. The summed E-state index contributed by atoms with van der Waals surface area (Å²) in [5.74, 6) is 0.732. The summed E-state index contributed by atoms with van der Waals surface area (Å²) in [6.07, 6.45) is 0.474. The van der Waals surface area contributed by atoms with Gasteiger partial charge in [0.2, 0.25) is 0 Å². The second-order valence-electron chi connectivity index (χ2n) is 9.32. The highest BCUT2D eigenvalue weighted by molar-refractivity contribution is 5.75. The Morgan fingerprint density at radius 1 is 1.16 bits per heavy atom. The molecule has 5 rings (SSSR count). The summed E-state index contributed by atoms with van der Waals surface area (Å²) >= 11 is 0. The maximum absolute atomic E-state index is 15.2. The molecule has 1 unspecified atom stereocenters. The van der Waals surface area contributed by atoms with Crippen LogP contribution in [0.3, 0.4) is 0 Å². The van der Waals surface area contributed by atoms with Crippen molar-refractivity contribution in [2.45, 2.75) is 40.0 Å². The maximum Gasteiger partial charge on any atom is 0.165 e. The number of likely N-dealkylation sites (N-methyl/N-ethyl adjacent to an activating group) is 1. The van der Waals surface area contributed by atoms with Crippen LogP contribution >= 0.6 is 0 Å². The van der Waals surface area contributed by atoms with Gasteiger partial charge in [-0.3, -0.25) is 4.98 Å². The molecule has 0 fully saturated rings. The van der Waals surface area contributed by atoms with E-state index in [0.29, 0.717) is 53.9 Å². The summed E-state index contributed by atoms with van der Waals surface area (Å²) in [7, 11) is 1.73. The molecule has 1 atom stereocenters. The Balaban J connectivity index is 1.60. The van der Waals surface area contributed by atoms with E-state index in [0.717, 1.165) is 16.8 Å². The number of halogens is 2. The minimum atomic E-state index is -0.725. The molecule has 9 nitrogen and oxygen atoms in total. The molecular formula is C27H28F2N6O3. The van der Waals surface area contributed by atoms with Gasteiger partial charge in [0.25, 0.3) is 0 Å². The zero-order valence-corrected chi connectivity index (χ0v) is 21.5. The van der Waals surface area contributed by atoms with Gasteiger partial charge < -0.3 is 24.6 Å². The molecule has 0 bridgehead atoms. The van der Waals surface area contributed by atoms with E-state index in [1.807, 2.05) is 18.7 Å². The predicted octanol–water partition coefficient (Wildman–Crippen LogP) is 3.88. The highest BCUT2D eigenvalue weighted by atomic mass is 19.1. The zero-order chi connectivity index (χ0) is 27.0. The Kier molecular flexibility index (Phi) is 7.04. The molecule has 0 spiro atoms. The average molecular weight is 523 g/mol. The fraction of sp³-hybridized carbons (Fsp3) is 0.333. The summed E-state index contributed by atoms with van der Waals surface area (Å²) in [6, 6.07) is 5.76. The Labute approximate surface area is 218 Å². The van der Waals surface area contributed by atoms with Gasteiger partial charge in [-0.25, -0.2) is 18.7 Å². The maximum atomic E-state index is 15.2. The molecule has 0 aliphatic carbocycles. The minimum absolute atomic E-state index is 0.0336. The van der Waals surface area contributed by atoms with Crippen LogP contribution in [0.25, 0.3) is 22.6 Å². The number of fused-ring (bicyclic) bond motifs is 1. The summed E-state index contributed by atoms with van der Waals surface area (Å²) < 4.78 is 40.1.